The molecule has 2 aromatic carbocycles. The van der Waals surface area contributed by atoms with Crippen LogP contribution in [0.4, 0.5) is 11.4 Å². The Bertz CT molecular complexity index is 1520. The second-order valence-corrected chi connectivity index (χ2v) is 13.7. The average Bonchev–Trinajstić information content (AvgIpc) is 2.75. The molecule has 0 aromatic heterocycles. The Hall–Kier alpha value is -3.09. The van der Waals surface area contributed by atoms with E-state index in [2.05, 4.69) is 14.4 Å². The van der Waals surface area contributed by atoms with E-state index in [9.17, 15) is 26.4 Å². The van der Waals surface area contributed by atoms with Gasteiger partial charge in [-0.1, -0.05) is 45.0 Å². The van der Waals surface area contributed by atoms with Crippen LogP contribution in [-0.4, -0.2) is 40.5 Å². The number of nitrogens with one attached hydrogen (secondary N) is 2. The third kappa shape index (κ3) is 4.80. The molecule has 2 atom stereocenters. The van der Waals surface area contributed by atoms with Crippen LogP contribution in [0.3, 0.4) is 0 Å². The van der Waals surface area contributed by atoms with Crippen molar-refractivity contribution in [2.45, 2.75) is 44.0 Å². The van der Waals surface area contributed by atoms with E-state index < -0.39 is 43.1 Å². The number of hydrogen-bond donors (Lipinski definition) is 3. The van der Waals surface area contributed by atoms with Crippen molar-refractivity contribution >= 4 is 48.8 Å². The highest BCUT2D eigenvalue weighted by Crippen LogP contribution is 2.41. The summed E-state index contributed by atoms with van der Waals surface area (Å²) in [5, 5.41) is 2.81. The summed E-state index contributed by atoms with van der Waals surface area (Å²) in [6.07, 6.45) is 1.78. The Kier molecular flexibility index (Phi) is 6.13. The van der Waals surface area contributed by atoms with Crippen LogP contribution in [0.15, 0.2) is 51.8 Å². The van der Waals surface area contributed by atoms with E-state index in [0.29, 0.717) is 12.0 Å². The summed E-state index contributed by atoms with van der Waals surface area (Å²) in [4.78, 5) is 27.0. The van der Waals surface area contributed by atoms with Crippen molar-refractivity contribution < 1.29 is 26.4 Å². The van der Waals surface area contributed by atoms with Gasteiger partial charge in [0, 0.05) is 11.3 Å². The third-order valence-electron chi connectivity index (χ3n) is 6.22. The fourth-order valence-electron chi connectivity index (χ4n) is 4.41. The van der Waals surface area contributed by atoms with Crippen LogP contribution in [-0.2, 0) is 30.4 Å². The minimum atomic E-state index is -4.37. The average molecular weight is 533 g/mol. The number of amidine groups is 1. The van der Waals surface area contributed by atoms with Gasteiger partial charge in [0.25, 0.3) is 10.0 Å². The molecular formula is C24H28N4O6S2. The molecule has 0 saturated carbocycles. The number of hydrogen-bond acceptors (Lipinski definition) is 8. The summed E-state index contributed by atoms with van der Waals surface area (Å²) in [5.41, 5.74) is 5.83. The van der Waals surface area contributed by atoms with E-state index in [-0.39, 0.29) is 39.5 Å². The van der Waals surface area contributed by atoms with Crippen LogP contribution in [0.1, 0.15) is 49.5 Å². The highest BCUT2D eigenvalue weighted by Gasteiger charge is 2.52. The predicted molar refractivity (Wildman–Crippen MR) is 137 cm³/mol. The van der Waals surface area contributed by atoms with Crippen LogP contribution in [0.2, 0.25) is 0 Å². The van der Waals surface area contributed by atoms with Crippen molar-refractivity contribution in [2.75, 3.05) is 16.3 Å². The lowest BCUT2D eigenvalue weighted by Crippen LogP contribution is -2.57. The van der Waals surface area contributed by atoms with E-state index in [0.717, 1.165) is 12.3 Å². The molecule has 12 heteroatoms. The number of anilines is 2. The highest BCUT2D eigenvalue weighted by atomic mass is 32.2. The molecule has 4 rings (SSSR count). The van der Waals surface area contributed by atoms with Gasteiger partial charge in [0.05, 0.1) is 11.9 Å². The van der Waals surface area contributed by atoms with Crippen molar-refractivity contribution in [1.82, 2.24) is 0 Å². The van der Waals surface area contributed by atoms with E-state index in [4.69, 9.17) is 5.73 Å². The Morgan fingerprint density at radius 1 is 1.14 bits per heavy atom. The van der Waals surface area contributed by atoms with Crippen LogP contribution in [0.5, 0.6) is 0 Å². The predicted octanol–water partition coefficient (Wildman–Crippen LogP) is 2.63. The van der Waals surface area contributed by atoms with E-state index in [1.165, 1.54) is 12.1 Å². The lowest BCUT2D eigenvalue weighted by atomic mass is 9.66. The van der Waals surface area contributed by atoms with Gasteiger partial charge in [-0.3, -0.25) is 14.3 Å². The Morgan fingerprint density at radius 2 is 1.81 bits per heavy atom. The summed E-state index contributed by atoms with van der Waals surface area (Å²) in [6.45, 7) is 6.05. The van der Waals surface area contributed by atoms with Gasteiger partial charge >= 0.3 is 0 Å². The number of sulfonamides is 2. The summed E-state index contributed by atoms with van der Waals surface area (Å²) in [6, 6.07) is 10.4. The number of nitrogens with zero attached hydrogens (tertiary/aromatic N) is 1. The van der Waals surface area contributed by atoms with Gasteiger partial charge in [-0.15, -0.1) is 4.40 Å². The molecule has 192 valence electrons. The first-order chi connectivity index (χ1) is 16.5. The minimum Gasteiger partial charge on any atom is -0.341 e. The number of rotatable bonds is 5. The van der Waals surface area contributed by atoms with Gasteiger partial charge in [-0.25, -0.2) is 8.42 Å². The quantitative estimate of drug-likeness (QED) is 0.494. The maximum Gasteiger partial charge on any atom is 0.286 e. The molecule has 0 bridgehead atoms. The van der Waals surface area contributed by atoms with E-state index in [1.54, 1.807) is 24.3 Å². The van der Waals surface area contributed by atoms with Crippen molar-refractivity contribution in [3.63, 3.8) is 0 Å². The van der Waals surface area contributed by atoms with Crippen molar-refractivity contribution in [3.05, 3.63) is 53.6 Å². The van der Waals surface area contributed by atoms with Gasteiger partial charge in [-0.2, -0.15) is 8.42 Å². The normalized spacial score (nSPS) is 23.2. The third-order valence-corrected chi connectivity index (χ3v) is 8.16. The first-order valence-electron chi connectivity index (χ1n) is 11.2. The second-order valence-electron chi connectivity index (χ2n) is 10.4. The molecule has 4 N–H and O–H groups in total. The van der Waals surface area contributed by atoms with Gasteiger partial charge in [0.15, 0.2) is 11.6 Å². The van der Waals surface area contributed by atoms with Gasteiger partial charge in [0.1, 0.15) is 22.2 Å². The summed E-state index contributed by atoms with van der Waals surface area (Å²) < 4.78 is 55.2. The van der Waals surface area contributed by atoms with E-state index in [1.807, 2.05) is 20.8 Å². The molecule has 1 aliphatic carbocycles. The van der Waals surface area contributed by atoms with Crippen molar-refractivity contribution in [3.8, 4) is 0 Å². The van der Waals surface area contributed by atoms with Crippen LogP contribution in [0, 0.1) is 11.3 Å². The second kappa shape index (κ2) is 8.49. The monoisotopic (exact) mass is 532 g/mol. The molecule has 0 amide bonds. The summed E-state index contributed by atoms with van der Waals surface area (Å²) >= 11 is 0. The number of nitrogens with two attached hydrogens (primary N) is 1. The minimum absolute atomic E-state index is 0.0298. The number of fused-ring (bicyclic) bond motifs is 2. The lowest BCUT2D eigenvalue weighted by molar-refractivity contribution is -0.126. The first kappa shape index (κ1) is 26.0. The molecule has 36 heavy (non-hydrogen) atoms. The van der Waals surface area contributed by atoms with Gasteiger partial charge in [-0.05, 0) is 42.0 Å². The number of Topliss-reactive ketones (excluding diaryl/α,β-unsaturated/α-hetero) is 2. The molecule has 0 fully saturated rings. The smallest absolute Gasteiger partial charge is 0.286 e. The molecule has 2 aromatic rings. The number of benzene rings is 2. The SMILES string of the molecule is CC(C)(C)CCC1(N)C(=O)C(C2=NS(=O)(=O)c3cc(NS(C)(=O)=O)ccc3N2)C(=O)c2ccccc21. The van der Waals surface area contributed by atoms with Crippen LogP contribution < -0.4 is 15.8 Å². The zero-order valence-electron chi connectivity index (χ0n) is 20.3. The Balaban J connectivity index is 1.79. The maximum atomic E-state index is 13.8. The van der Waals surface area contributed by atoms with Crippen LogP contribution in [0.25, 0.3) is 0 Å². The lowest BCUT2D eigenvalue weighted by Gasteiger charge is -2.39. The number of ketones is 2. The number of carbonyl (C=O) groups is 2. The molecule has 10 nitrogen and oxygen atoms in total. The number of carbonyl (C=O) groups excluding carboxylic acids is 2. The molecule has 1 heterocycles. The highest BCUT2D eigenvalue weighted by molar-refractivity contribution is 7.92. The van der Waals surface area contributed by atoms with E-state index >= 15 is 0 Å². The zero-order valence-corrected chi connectivity index (χ0v) is 22.0. The van der Waals surface area contributed by atoms with Gasteiger partial charge < -0.3 is 11.1 Å². The standard InChI is InChI=1S/C24H28N4O6S2/c1-23(2,3)11-12-24(25)16-8-6-5-7-15(16)20(29)19(21(24)30)22-26-17-10-9-14(27-35(4,31)32)13-18(17)36(33,34)28-22/h5-10,13,19,27H,11-12,25H2,1-4H3,(H,26,28). The molecular weight excluding hydrogens is 504 g/mol. The Morgan fingerprint density at radius 3 is 2.44 bits per heavy atom. The summed E-state index contributed by atoms with van der Waals surface area (Å²) in [7, 11) is -8.02. The first-order valence-corrected chi connectivity index (χ1v) is 14.6. The molecule has 2 aliphatic rings. The molecule has 0 spiro atoms. The van der Waals surface area contributed by atoms with Crippen molar-refractivity contribution in [2.24, 2.45) is 21.5 Å². The van der Waals surface area contributed by atoms with Crippen LogP contribution >= 0.6 is 0 Å². The molecule has 0 saturated heterocycles. The maximum absolute atomic E-state index is 13.8. The largest absolute Gasteiger partial charge is 0.341 e. The Labute approximate surface area is 210 Å². The fraction of sp³-hybridized carbons (Fsp3) is 0.375. The topological polar surface area (TPSA) is 165 Å². The molecule has 1 aliphatic heterocycles. The van der Waals surface area contributed by atoms with Gasteiger partial charge in [0.2, 0.25) is 10.0 Å². The summed E-state index contributed by atoms with van der Waals surface area (Å²) in [5.74, 6) is -3.09. The van der Waals surface area contributed by atoms with Crippen molar-refractivity contribution in [1.29, 1.82) is 0 Å². The fourth-order valence-corrected chi connectivity index (χ4v) is 6.15. The molecule has 2 unspecified atom stereocenters. The molecule has 0 radical (unpaired) electrons. The zero-order chi connectivity index (χ0) is 26.7.